The van der Waals surface area contributed by atoms with E-state index in [-0.39, 0.29) is 0 Å². The van der Waals surface area contributed by atoms with Gasteiger partial charge in [-0.3, -0.25) is 4.98 Å². The highest BCUT2D eigenvalue weighted by atomic mass is 14.7. The van der Waals surface area contributed by atoms with E-state index in [0.717, 1.165) is 5.69 Å². The fraction of sp³-hybridized carbons (Fsp3) is 0.188. The van der Waals surface area contributed by atoms with Crippen molar-refractivity contribution in [2.45, 2.75) is 19.8 Å². The van der Waals surface area contributed by atoms with Crippen LogP contribution in [0, 0.1) is 6.92 Å². The Bertz CT molecular complexity index is 500. The van der Waals surface area contributed by atoms with E-state index in [9.17, 15) is 0 Å². The summed E-state index contributed by atoms with van der Waals surface area (Å²) in [5, 5.41) is 0. The van der Waals surface area contributed by atoms with Crippen LogP contribution in [0.4, 0.5) is 0 Å². The predicted octanol–water partition coefficient (Wildman–Crippen LogP) is 4.21. The number of aryl methyl sites for hydroxylation is 1. The minimum atomic E-state index is 0.344. The molecule has 0 radical (unpaired) electrons. The first kappa shape index (κ1) is 11.6. The highest BCUT2D eigenvalue weighted by Gasteiger charge is 2.00. The lowest BCUT2D eigenvalue weighted by Gasteiger charge is -2.04. The summed E-state index contributed by atoms with van der Waals surface area (Å²) in [6, 6.07) is 14.5. The van der Waals surface area contributed by atoms with Crippen LogP contribution in [0.5, 0.6) is 0 Å². The van der Waals surface area contributed by atoms with Crippen molar-refractivity contribution in [3.63, 3.8) is 0 Å². The molecule has 2 aromatic rings. The van der Waals surface area contributed by atoms with Crippen LogP contribution in [0.15, 0.2) is 54.7 Å². The van der Waals surface area contributed by atoms with Crippen LogP contribution in [0.25, 0.3) is 6.08 Å². The summed E-state index contributed by atoms with van der Waals surface area (Å²) in [6.45, 7) is 4.27. The highest BCUT2D eigenvalue weighted by molar-refractivity contribution is 5.51. The number of rotatable bonds is 3. The number of aromatic nitrogens is 1. The Morgan fingerprint density at radius 1 is 1.12 bits per heavy atom. The molecule has 1 aromatic heterocycles. The first-order chi connectivity index (χ1) is 8.25. The summed E-state index contributed by atoms with van der Waals surface area (Å²) in [5.74, 6) is 0.344. The number of allylic oxidation sites excluding steroid dienone is 1. The Balaban J connectivity index is 2.11. The molecule has 1 heteroatoms. The second kappa shape index (κ2) is 5.44. The van der Waals surface area contributed by atoms with Crippen molar-refractivity contribution in [1.82, 2.24) is 4.98 Å². The number of benzene rings is 1. The molecule has 1 heterocycles. The van der Waals surface area contributed by atoms with Crippen molar-refractivity contribution >= 4 is 6.08 Å². The van der Waals surface area contributed by atoms with Gasteiger partial charge in [0.05, 0.1) is 0 Å². The molecule has 0 amide bonds. The summed E-state index contributed by atoms with van der Waals surface area (Å²) >= 11 is 0. The molecule has 86 valence electrons. The van der Waals surface area contributed by atoms with Crippen LogP contribution in [-0.2, 0) is 0 Å². The molecule has 2 rings (SSSR count). The molecule has 0 fully saturated rings. The van der Waals surface area contributed by atoms with Crippen molar-refractivity contribution in [2.75, 3.05) is 0 Å². The van der Waals surface area contributed by atoms with Crippen LogP contribution in [0.2, 0.25) is 0 Å². The molecule has 0 saturated carbocycles. The zero-order chi connectivity index (χ0) is 12.1. The molecular formula is C16H17N. The molecule has 0 N–H and O–H groups in total. The first-order valence-corrected chi connectivity index (χ1v) is 5.91. The highest BCUT2D eigenvalue weighted by Crippen LogP contribution is 2.15. The third-order valence-corrected chi connectivity index (χ3v) is 2.77. The predicted molar refractivity (Wildman–Crippen MR) is 72.9 cm³/mol. The van der Waals surface area contributed by atoms with Gasteiger partial charge >= 0.3 is 0 Å². The van der Waals surface area contributed by atoms with Gasteiger partial charge in [0, 0.05) is 17.8 Å². The smallest absolute Gasteiger partial charge is 0.0469 e. The molecule has 1 nitrogen and oxygen atoms in total. The summed E-state index contributed by atoms with van der Waals surface area (Å²) < 4.78 is 0. The average molecular weight is 223 g/mol. The van der Waals surface area contributed by atoms with E-state index in [4.69, 9.17) is 0 Å². The van der Waals surface area contributed by atoms with E-state index in [1.807, 2.05) is 18.3 Å². The second-order valence-corrected chi connectivity index (χ2v) is 4.32. The van der Waals surface area contributed by atoms with Gasteiger partial charge in [-0.15, -0.1) is 0 Å². The van der Waals surface area contributed by atoms with Gasteiger partial charge in [0.15, 0.2) is 0 Å². The van der Waals surface area contributed by atoms with Gasteiger partial charge in [0.1, 0.15) is 0 Å². The van der Waals surface area contributed by atoms with Gasteiger partial charge in [-0.1, -0.05) is 55.0 Å². The van der Waals surface area contributed by atoms with Gasteiger partial charge in [-0.2, -0.15) is 0 Å². The molecule has 0 saturated heterocycles. The summed E-state index contributed by atoms with van der Waals surface area (Å²) in [6.07, 6.45) is 6.19. The zero-order valence-electron chi connectivity index (χ0n) is 10.3. The molecule has 0 spiro atoms. The maximum absolute atomic E-state index is 4.36. The van der Waals surface area contributed by atoms with Crippen LogP contribution >= 0.6 is 0 Å². The largest absolute Gasteiger partial charge is 0.261 e. The van der Waals surface area contributed by atoms with Crippen molar-refractivity contribution in [3.8, 4) is 0 Å². The molecule has 0 aliphatic carbocycles. The normalized spacial score (nSPS) is 12.8. The van der Waals surface area contributed by atoms with Crippen molar-refractivity contribution < 1.29 is 0 Å². The van der Waals surface area contributed by atoms with Gasteiger partial charge < -0.3 is 0 Å². The minimum Gasteiger partial charge on any atom is -0.261 e. The summed E-state index contributed by atoms with van der Waals surface area (Å²) in [7, 11) is 0. The van der Waals surface area contributed by atoms with Gasteiger partial charge in [0.2, 0.25) is 0 Å². The molecule has 0 aliphatic heterocycles. The average Bonchev–Trinajstić information content (AvgIpc) is 2.37. The fourth-order valence-electron chi connectivity index (χ4n) is 1.77. The molecular weight excluding hydrogens is 206 g/mol. The van der Waals surface area contributed by atoms with Crippen molar-refractivity contribution in [1.29, 1.82) is 0 Å². The molecule has 0 aliphatic rings. The number of pyridine rings is 1. The van der Waals surface area contributed by atoms with Gasteiger partial charge in [-0.05, 0) is 24.6 Å². The summed E-state index contributed by atoms with van der Waals surface area (Å²) in [5.41, 5.74) is 3.64. The Morgan fingerprint density at radius 2 is 2.00 bits per heavy atom. The lowest BCUT2D eigenvalue weighted by Crippen LogP contribution is -1.91. The topological polar surface area (TPSA) is 12.9 Å². The lowest BCUT2D eigenvalue weighted by molar-refractivity contribution is 0.911. The quantitative estimate of drug-likeness (QED) is 0.759. The Kier molecular flexibility index (Phi) is 3.71. The molecule has 1 unspecified atom stereocenters. The summed E-state index contributed by atoms with van der Waals surface area (Å²) in [4.78, 5) is 4.36. The number of hydrogen-bond acceptors (Lipinski definition) is 1. The monoisotopic (exact) mass is 223 g/mol. The van der Waals surface area contributed by atoms with Crippen molar-refractivity contribution in [3.05, 3.63) is 71.6 Å². The van der Waals surface area contributed by atoms with E-state index in [1.165, 1.54) is 11.1 Å². The standard InChI is InChI=1S/C16H17N/c1-13-6-5-7-15(12-13)10-9-14(2)16-8-3-4-11-17-16/h3-12,14H,1-2H3/b10-9+. The van der Waals surface area contributed by atoms with Gasteiger partial charge in [0.25, 0.3) is 0 Å². The third kappa shape index (κ3) is 3.28. The van der Waals surface area contributed by atoms with E-state index < -0.39 is 0 Å². The molecule has 17 heavy (non-hydrogen) atoms. The van der Waals surface area contributed by atoms with Crippen LogP contribution in [-0.4, -0.2) is 4.98 Å². The Labute approximate surface area is 103 Å². The Hall–Kier alpha value is -1.89. The maximum atomic E-state index is 4.36. The molecule has 1 atom stereocenters. The SMILES string of the molecule is Cc1cccc(/C=C/C(C)c2ccccn2)c1. The third-order valence-electron chi connectivity index (χ3n) is 2.77. The molecule has 0 bridgehead atoms. The van der Waals surface area contributed by atoms with E-state index >= 15 is 0 Å². The van der Waals surface area contributed by atoms with Crippen LogP contribution in [0.3, 0.4) is 0 Å². The number of hydrogen-bond donors (Lipinski definition) is 0. The molecule has 1 aromatic carbocycles. The van der Waals surface area contributed by atoms with Gasteiger partial charge in [-0.25, -0.2) is 0 Å². The first-order valence-electron chi connectivity index (χ1n) is 5.91. The lowest BCUT2D eigenvalue weighted by atomic mass is 10.0. The van der Waals surface area contributed by atoms with E-state index in [0.29, 0.717) is 5.92 Å². The Morgan fingerprint density at radius 3 is 2.71 bits per heavy atom. The fourth-order valence-corrected chi connectivity index (χ4v) is 1.77. The minimum absolute atomic E-state index is 0.344. The van der Waals surface area contributed by atoms with Crippen LogP contribution < -0.4 is 0 Å². The second-order valence-electron chi connectivity index (χ2n) is 4.32. The van der Waals surface area contributed by atoms with Crippen LogP contribution in [0.1, 0.15) is 29.7 Å². The van der Waals surface area contributed by atoms with Crippen molar-refractivity contribution in [2.24, 2.45) is 0 Å². The van der Waals surface area contributed by atoms with E-state index in [1.54, 1.807) is 0 Å². The maximum Gasteiger partial charge on any atom is 0.0469 e. The zero-order valence-corrected chi connectivity index (χ0v) is 10.3. The number of nitrogens with zero attached hydrogens (tertiary/aromatic N) is 1. The van der Waals surface area contributed by atoms with E-state index in [2.05, 4.69) is 61.3 Å².